The van der Waals surface area contributed by atoms with Crippen LogP contribution in [0.25, 0.3) is 0 Å². The van der Waals surface area contributed by atoms with Crippen molar-refractivity contribution in [3.05, 3.63) is 83.7 Å². The molecule has 6 nitrogen and oxygen atoms in total. The number of rotatable bonds is 4. The molecular formula is C21H22N4O2. The summed E-state index contributed by atoms with van der Waals surface area (Å²) >= 11 is 0. The van der Waals surface area contributed by atoms with Gasteiger partial charge < -0.3 is 14.2 Å². The maximum absolute atomic E-state index is 13.0. The predicted octanol–water partition coefficient (Wildman–Crippen LogP) is 2.83. The Morgan fingerprint density at radius 2 is 2.11 bits per heavy atom. The monoisotopic (exact) mass is 362 g/mol. The van der Waals surface area contributed by atoms with Crippen LogP contribution in [0.4, 0.5) is 0 Å². The highest BCUT2D eigenvalue weighted by Gasteiger charge is 2.26. The third-order valence-corrected chi connectivity index (χ3v) is 4.75. The molecular weight excluding hydrogens is 340 g/mol. The lowest BCUT2D eigenvalue weighted by molar-refractivity contribution is 0.0104. The minimum atomic E-state index is -0.0961. The third kappa shape index (κ3) is 4.06. The van der Waals surface area contributed by atoms with Crippen LogP contribution in [-0.4, -0.2) is 38.0 Å². The quantitative estimate of drug-likeness (QED) is 0.716. The van der Waals surface area contributed by atoms with E-state index in [-0.39, 0.29) is 12.0 Å². The summed E-state index contributed by atoms with van der Waals surface area (Å²) in [6.07, 6.45) is 7.14. The highest BCUT2D eigenvalue weighted by molar-refractivity contribution is 5.93. The molecule has 3 aromatic rings. The third-order valence-electron chi connectivity index (χ3n) is 4.75. The molecule has 0 saturated heterocycles. The molecule has 0 saturated carbocycles. The highest BCUT2D eigenvalue weighted by atomic mass is 16.5. The van der Waals surface area contributed by atoms with Gasteiger partial charge in [0.1, 0.15) is 0 Å². The van der Waals surface area contributed by atoms with Crippen LogP contribution in [0.2, 0.25) is 0 Å². The van der Waals surface area contributed by atoms with Gasteiger partial charge in [0.05, 0.1) is 31.4 Å². The van der Waals surface area contributed by atoms with Gasteiger partial charge in [-0.25, -0.2) is 0 Å². The molecule has 138 valence electrons. The van der Waals surface area contributed by atoms with Crippen molar-refractivity contribution in [2.24, 2.45) is 0 Å². The number of hydrogen-bond donors (Lipinski definition) is 0. The summed E-state index contributed by atoms with van der Waals surface area (Å²) in [6.45, 7) is 4.21. The van der Waals surface area contributed by atoms with Crippen LogP contribution in [0.5, 0.6) is 0 Å². The Balaban J connectivity index is 1.53. The van der Waals surface area contributed by atoms with Gasteiger partial charge in [-0.15, -0.1) is 0 Å². The van der Waals surface area contributed by atoms with Crippen molar-refractivity contribution >= 4 is 5.91 Å². The van der Waals surface area contributed by atoms with Crippen LogP contribution in [0.15, 0.2) is 61.2 Å². The molecule has 27 heavy (non-hydrogen) atoms. The summed E-state index contributed by atoms with van der Waals surface area (Å²) in [6, 6.07) is 11.7. The standard InChI is InChI=1S/C21H22N4O2/c1-16-6-7-18(11-23-16)21(26)25-12-19-5-3-9-24(19)13-20(14-25)27-15-17-4-2-8-22-10-17/h2-11,20H,12-15H2,1H3. The summed E-state index contributed by atoms with van der Waals surface area (Å²) in [5, 5.41) is 0. The maximum Gasteiger partial charge on any atom is 0.255 e. The minimum absolute atomic E-state index is 0.0212. The van der Waals surface area contributed by atoms with E-state index in [0.717, 1.165) is 23.5 Å². The number of aryl methyl sites for hydroxylation is 1. The van der Waals surface area contributed by atoms with Gasteiger partial charge in [0.15, 0.2) is 0 Å². The molecule has 0 bridgehead atoms. The second-order valence-electron chi connectivity index (χ2n) is 6.82. The first kappa shape index (κ1) is 17.4. The molecule has 0 spiro atoms. The van der Waals surface area contributed by atoms with Crippen molar-refractivity contribution in [3.63, 3.8) is 0 Å². The van der Waals surface area contributed by atoms with Crippen LogP contribution >= 0.6 is 0 Å². The summed E-state index contributed by atoms with van der Waals surface area (Å²) in [5.41, 5.74) is 3.63. The Bertz CT molecular complexity index is 905. The first-order valence-corrected chi connectivity index (χ1v) is 9.05. The number of carbonyl (C=O) groups excluding carboxylic acids is 1. The Morgan fingerprint density at radius 1 is 1.19 bits per heavy atom. The zero-order valence-electron chi connectivity index (χ0n) is 15.3. The van der Waals surface area contributed by atoms with E-state index in [9.17, 15) is 4.79 Å². The molecule has 1 aliphatic rings. The van der Waals surface area contributed by atoms with E-state index in [2.05, 4.69) is 20.6 Å². The van der Waals surface area contributed by atoms with Crippen molar-refractivity contribution in [2.45, 2.75) is 32.7 Å². The van der Waals surface area contributed by atoms with Crippen LogP contribution in [0.3, 0.4) is 0 Å². The smallest absolute Gasteiger partial charge is 0.255 e. The van der Waals surface area contributed by atoms with Gasteiger partial charge in [-0.2, -0.15) is 0 Å². The number of amides is 1. The van der Waals surface area contributed by atoms with E-state index >= 15 is 0 Å². The molecule has 1 amide bonds. The van der Waals surface area contributed by atoms with Gasteiger partial charge in [-0.05, 0) is 42.8 Å². The molecule has 1 unspecified atom stereocenters. The second kappa shape index (κ2) is 7.72. The molecule has 0 aromatic carbocycles. The van der Waals surface area contributed by atoms with Crippen LogP contribution in [0.1, 0.15) is 27.3 Å². The Morgan fingerprint density at radius 3 is 2.89 bits per heavy atom. The molecule has 1 aliphatic heterocycles. The van der Waals surface area contributed by atoms with Crippen molar-refractivity contribution in [2.75, 3.05) is 6.54 Å². The fourth-order valence-corrected chi connectivity index (χ4v) is 3.29. The summed E-state index contributed by atoms with van der Waals surface area (Å²) in [7, 11) is 0. The van der Waals surface area contributed by atoms with Gasteiger partial charge in [-0.3, -0.25) is 14.8 Å². The maximum atomic E-state index is 13.0. The van der Waals surface area contributed by atoms with Crippen molar-refractivity contribution in [3.8, 4) is 0 Å². The molecule has 1 atom stereocenters. The van der Waals surface area contributed by atoms with Gasteiger partial charge in [-0.1, -0.05) is 6.07 Å². The first-order chi connectivity index (χ1) is 13.2. The SMILES string of the molecule is Cc1ccc(C(=O)N2Cc3cccn3CC(OCc3cccnc3)C2)cn1. The predicted molar refractivity (Wildman–Crippen MR) is 101 cm³/mol. The van der Waals surface area contributed by atoms with E-state index < -0.39 is 0 Å². The Kier molecular flexibility index (Phi) is 4.98. The number of carbonyl (C=O) groups is 1. The van der Waals surface area contributed by atoms with Crippen molar-refractivity contribution in [1.29, 1.82) is 0 Å². The highest BCUT2D eigenvalue weighted by Crippen LogP contribution is 2.18. The van der Waals surface area contributed by atoms with Crippen LogP contribution < -0.4 is 0 Å². The summed E-state index contributed by atoms with van der Waals surface area (Å²) < 4.78 is 8.30. The van der Waals surface area contributed by atoms with E-state index in [0.29, 0.717) is 25.3 Å². The number of hydrogen-bond acceptors (Lipinski definition) is 4. The Hall–Kier alpha value is -2.99. The molecule has 0 radical (unpaired) electrons. The lowest BCUT2D eigenvalue weighted by Crippen LogP contribution is -2.37. The first-order valence-electron chi connectivity index (χ1n) is 9.05. The fraction of sp³-hybridized carbons (Fsp3) is 0.286. The summed E-state index contributed by atoms with van der Waals surface area (Å²) in [4.78, 5) is 23.3. The zero-order valence-corrected chi connectivity index (χ0v) is 15.3. The number of aromatic nitrogens is 3. The lowest BCUT2D eigenvalue weighted by Gasteiger charge is -2.24. The molecule has 4 heterocycles. The Labute approximate surface area is 158 Å². The second-order valence-corrected chi connectivity index (χ2v) is 6.82. The van der Waals surface area contributed by atoms with Crippen LogP contribution in [0, 0.1) is 6.92 Å². The largest absolute Gasteiger partial charge is 0.370 e. The number of ether oxygens (including phenoxy) is 1. The van der Waals surface area contributed by atoms with Crippen molar-refractivity contribution < 1.29 is 9.53 Å². The van der Waals surface area contributed by atoms with E-state index in [4.69, 9.17) is 4.74 Å². The van der Waals surface area contributed by atoms with Crippen LogP contribution in [-0.2, 0) is 24.4 Å². The summed E-state index contributed by atoms with van der Waals surface area (Å²) in [5.74, 6) is -0.0212. The molecule has 0 N–H and O–H groups in total. The lowest BCUT2D eigenvalue weighted by atomic mass is 10.2. The normalized spacial score (nSPS) is 16.6. The number of fused-ring (bicyclic) bond motifs is 1. The number of pyridine rings is 2. The fourth-order valence-electron chi connectivity index (χ4n) is 3.29. The molecule has 4 rings (SSSR count). The number of nitrogens with zero attached hydrogens (tertiary/aromatic N) is 4. The average Bonchev–Trinajstić information content (AvgIpc) is 3.05. The molecule has 3 aromatic heterocycles. The van der Waals surface area contributed by atoms with Gasteiger partial charge >= 0.3 is 0 Å². The van der Waals surface area contributed by atoms with Crippen molar-refractivity contribution in [1.82, 2.24) is 19.4 Å². The zero-order chi connectivity index (χ0) is 18.6. The minimum Gasteiger partial charge on any atom is -0.370 e. The van der Waals surface area contributed by atoms with E-state index in [1.807, 2.05) is 48.4 Å². The van der Waals surface area contributed by atoms with Gasteiger partial charge in [0.2, 0.25) is 0 Å². The molecule has 6 heteroatoms. The molecule has 0 fully saturated rings. The van der Waals surface area contributed by atoms with E-state index in [1.54, 1.807) is 18.6 Å². The van der Waals surface area contributed by atoms with Gasteiger partial charge in [0.25, 0.3) is 5.91 Å². The topological polar surface area (TPSA) is 60.2 Å². The van der Waals surface area contributed by atoms with E-state index in [1.165, 1.54) is 0 Å². The average molecular weight is 362 g/mol. The van der Waals surface area contributed by atoms with Gasteiger partial charge in [0, 0.05) is 42.7 Å². The molecule has 0 aliphatic carbocycles.